The van der Waals surface area contributed by atoms with Gasteiger partial charge in [0.2, 0.25) is 0 Å². The zero-order valence-corrected chi connectivity index (χ0v) is 11.2. The van der Waals surface area contributed by atoms with Gasteiger partial charge in [-0.15, -0.1) is 0 Å². The van der Waals surface area contributed by atoms with E-state index in [1.54, 1.807) is 0 Å². The van der Waals surface area contributed by atoms with Crippen molar-refractivity contribution in [2.75, 3.05) is 6.61 Å². The molecule has 1 aliphatic rings. The molecule has 0 fully saturated rings. The Kier molecular flexibility index (Phi) is 3.03. The maximum absolute atomic E-state index is 6.74. The third-order valence-corrected chi connectivity index (χ3v) is 3.95. The number of fused-ring (bicyclic) bond motifs is 1. The van der Waals surface area contributed by atoms with Gasteiger partial charge in [-0.05, 0) is 37.0 Å². The summed E-state index contributed by atoms with van der Waals surface area (Å²) in [6.07, 6.45) is 1.98. The average Bonchev–Trinajstić information content (AvgIpc) is 2.79. The van der Waals surface area contributed by atoms with Crippen LogP contribution in [0.1, 0.15) is 30.0 Å². The lowest BCUT2D eigenvalue weighted by Gasteiger charge is -2.28. The highest BCUT2D eigenvalue weighted by molar-refractivity contribution is 5.51. The molecule has 0 radical (unpaired) electrons. The third kappa shape index (κ3) is 1.92. The first kappa shape index (κ1) is 12.2. The molecule has 0 amide bonds. The Labute approximate surface area is 114 Å². The smallest absolute Gasteiger partial charge is 0.124 e. The predicted octanol–water partition coefficient (Wildman–Crippen LogP) is 3.23. The van der Waals surface area contributed by atoms with Crippen molar-refractivity contribution in [1.29, 1.82) is 0 Å². The second-order valence-corrected chi connectivity index (χ2v) is 5.06. The van der Waals surface area contributed by atoms with Crippen molar-refractivity contribution in [1.82, 2.24) is 0 Å². The van der Waals surface area contributed by atoms with Gasteiger partial charge in [-0.3, -0.25) is 0 Å². The first-order valence-electron chi connectivity index (χ1n) is 6.85. The van der Waals surface area contributed by atoms with E-state index in [1.165, 1.54) is 11.1 Å². The van der Waals surface area contributed by atoms with Crippen LogP contribution in [0, 0.1) is 0 Å². The molecule has 2 nitrogen and oxygen atoms in total. The van der Waals surface area contributed by atoms with Gasteiger partial charge in [0.15, 0.2) is 0 Å². The topological polar surface area (TPSA) is 35.2 Å². The standard InChI is InChI=1S/C17H19NO/c1-2-19-16-10-6-5-9-15(16)17(18)12-11-13-7-3-4-8-14(13)17/h3-10H,2,11-12,18H2,1H3. The normalized spacial score (nSPS) is 21.2. The summed E-state index contributed by atoms with van der Waals surface area (Å²) in [6, 6.07) is 16.6. The van der Waals surface area contributed by atoms with Crippen LogP contribution < -0.4 is 10.5 Å². The molecule has 2 heteroatoms. The minimum Gasteiger partial charge on any atom is -0.494 e. The maximum atomic E-state index is 6.74. The number of aryl methyl sites for hydroxylation is 1. The summed E-state index contributed by atoms with van der Waals surface area (Å²) < 4.78 is 5.75. The Balaban J connectivity index is 2.12. The summed E-state index contributed by atoms with van der Waals surface area (Å²) in [5.74, 6) is 0.907. The predicted molar refractivity (Wildman–Crippen MR) is 77.3 cm³/mol. The van der Waals surface area contributed by atoms with E-state index in [0.717, 1.165) is 24.2 Å². The van der Waals surface area contributed by atoms with Gasteiger partial charge in [0.05, 0.1) is 12.1 Å². The van der Waals surface area contributed by atoms with E-state index < -0.39 is 5.54 Å². The van der Waals surface area contributed by atoms with Crippen LogP contribution in [0.5, 0.6) is 5.75 Å². The number of para-hydroxylation sites is 1. The summed E-state index contributed by atoms with van der Waals surface area (Å²) in [5.41, 5.74) is 10.0. The molecule has 0 saturated heterocycles. The third-order valence-electron chi connectivity index (χ3n) is 3.95. The van der Waals surface area contributed by atoms with Gasteiger partial charge in [0.1, 0.15) is 5.75 Å². The number of hydrogen-bond donors (Lipinski definition) is 1. The molecule has 3 rings (SSSR count). The van der Waals surface area contributed by atoms with Crippen LogP contribution in [0.15, 0.2) is 48.5 Å². The molecule has 0 heterocycles. The lowest BCUT2D eigenvalue weighted by molar-refractivity contribution is 0.328. The van der Waals surface area contributed by atoms with E-state index in [1.807, 2.05) is 25.1 Å². The first-order valence-corrected chi connectivity index (χ1v) is 6.85. The van der Waals surface area contributed by atoms with Gasteiger partial charge in [-0.1, -0.05) is 42.5 Å². The van der Waals surface area contributed by atoms with E-state index in [4.69, 9.17) is 10.5 Å². The van der Waals surface area contributed by atoms with E-state index in [9.17, 15) is 0 Å². The summed E-state index contributed by atoms with van der Waals surface area (Å²) in [5, 5.41) is 0. The number of ether oxygens (including phenoxy) is 1. The largest absolute Gasteiger partial charge is 0.494 e. The van der Waals surface area contributed by atoms with Crippen LogP contribution in [-0.2, 0) is 12.0 Å². The lowest BCUT2D eigenvalue weighted by Crippen LogP contribution is -2.35. The molecule has 2 aromatic rings. The molecule has 0 bridgehead atoms. The first-order chi connectivity index (χ1) is 9.25. The van der Waals surface area contributed by atoms with Crippen LogP contribution in [0.3, 0.4) is 0 Å². The van der Waals surface area contributed by atoms with Crippen LogP contribution in [-0.4, -0.2) is 6.61 Å². The van der Waals surface area contributed by atoms with E-state index in [2.05, 4.69) is 30.3 Å². The fourth-order valence-electron chi connectivity index (χ4n) is 3.04. The highest BCUT2D eigenvalue weighted by Crippen LogP contribution is 2.43. The molecule has 0 spiro atoms. The molecule has 2 N–H and O–H groups in total. The maximum Gasteiger partial charge on any atom is 0.124 e. The fourth-order valence-corrected chi connectivity index (χ4v) is 3.04. The molecule has 98 valence electrons. The van der Waals surface area contributed by atoms with Crippen molar-refractivity contribution < 1.29 is 4.74 Å². The Bertz CT molecular complexity index is 593. The van der Waals surface area contributed by atoms with E-state index >= 15 is 0 Å². The zero-order valence-electron chi connectivity index (χ0n) is 11.2. The minimum atomic E-state index is -0.414. The zero-order chi connectivity index (χ0) is 13.3. The molecular weight excluding hydrogens is 234 g/mol. The van der Waals surface area contributed by atoms with Crippen molar-refractivity contribution in [3.63, 3.8) is 0 Å². The van der Waals surface area contributed by atoms with Crippen molar-refractivity contribution >= 4 is 0 Å². The quantitative estimate of drug-likeness (QED) is 0.911. The van der Waals surface area contributed by atoms with Crippen LogP contribution in [0.2, 0.25) is 0 Å². The molecule has 1 aliphatic carbocycles. The molecule has 1 unspecified atom stereocenters. The average molecular weight is 253 g/mol. The summed E-state index contributed by atoms with van der Waals surface area (Å²) >= 11 is 0. The molecule has 1 atom stereocenters. The van der Waals surface area contributed by atoms with Crippen molar-refractivity contribution in [2.45, 2.75) is 25.3 Å². The molecule has 0 aliphatic heterocycles. The summed E-state index contributed by atoms with van der Waals surface area (Å²) in [6.45, 7) is 2.66. The molecular formula is C17H19NO. The van der Waals surface area contributed by atoms with Gasteiger partial charge in [0, 0.05) is 5.56 Å². The Hall–Kier alpha value is -1.80. The Morgan fingerprint density at radius 2 is 1.74 bits per heavy atom. The van der Waals surface area contributed by atoms with Crippen LogP contribution in [0.25, 0.3) is 0 Å². The number of rotatable bonds is 3. The fraction of sp³-hybridized carbons (Fsp3) is 0.294. The van der Waals surface area contributed by atoms with Gasteiger partial charge in [-0.25, -0.2) is 0 Å². The van der Waals surface area contributed by atoms with Gasteiger partial charge in [0.25, 0.3) is 0 Å². The Morgan fingerprint density at radius 3 is 2.53 bits per heavy atom. The monoisotopic (exact) mass is 253 g/mol. The minimum absolute atomic E-state index is 0.414. The van der Waals surface area contributed by atoms with Gasteiger partial charge >= 0.3 is 0 Å². The van der Waals surface area contributed by atoms with E-state index in [0.29, 0.717) is 6.61 Å². The van der Waals surface area contributed by atoms with Crippen molar-refractivity contribution in [3.05, 3.63) is 65.2 Å². The lowest BCUT2D eigenvalue weighted by atomic mass is 9.84. The molecule has 2 aromatic carbocycles. The molecule has 0 aromatic heterocycles. The summed E-state index contributed by atoms with van der Waals surface area (Å²) in [7, 11) is 0. The number of nitrogens with two attached hydrogens (primary N) is 1. The number of hydrogen-bond acceptors (Lipinski definition) is 2. The second-order valence-electron chi connectivity index (χ2n) is 5.06. The molecule has 0 saturated carbocycles. The van der Waals surface area contributed by atoms with Gasteiger partial charge < -0.3 is 10.5 Å². The Morgan fingerprint density at radius 1 is 1.05 bits per heavy atom. The van der Waals surface area contributed by atoms with Crippen molar-refractivity contribution in [2.24, 2.45) is 5.73 Å². The molecule has 19 heavy (non-hydrogen) atoms. The second kappa shape index (κ2) is 4.71. The van der Waals surface area contributed by atoms with Crippen LogP contribution >= 0.6 is 0 Å². The van der Waals surface area contributed by atoms with Gasteiger partial charge in [-0.2, -0.15) is 0 Å². The highest BCUT2D eigenvalue weighted by atomic mass is 16.5. The number of benzene rings is 2. The summed E-state index contributed by atoms with van der Waals surface area (Å²) in [4.78, 5) is 0. The van der Waals surface area contributed by atoms with Crippen molar-refractivity contribution in [3.8, 4) is 5.75 Å². The highest BCUT2D eigenvalue weighted by Gasteiger charge is 2.38. The SMILES string of the molecule is CCOc1ccccc1C1(N)CCc2ccccc21. The van der Waals surface area contributed by atoms with Crippen LogP contribution in [0.4, 0.5) is 0 Å². The van der Waals surface area contributed by atoms with E-state index in [-0.39, 0.29) is 0 Å².